The van der Waals surface area contributed by atoms with Gasteiger partial charge in [-0.15, -0.1) is 36.4 Å². The Hall–Kier alpha value is -2.37. The van der Waals surface area contributed by atoms with Crippen LogP contribution in [0.5, 0.6) is 0 Å². The van der Waals surface area contributed by atoms with Gasteiger partial charge in [-0.2, -0.15) is 0 Å². The van der Waals surface area contributed by atoms with Crippen LogP contribution in [0.3, 0.4) is 0 Å². The quantitative estimate of drug-likeness (QED) is 0.630. The smallest absolute Gasteiger partial charge is 0.354 e. The second kappa shape index (κ2) is 9.70. The van der Waals surface area contributed by atoms with Gasteiger partial charge in [-0.25, -0.2) is 15.5 Å². The first kappa shape index (κ1) is 19.7. The average Bonchev–Trinajstić information content (AvgIpc) is 2.57. The summed E-state index contributed by atoms with van der Waals surface area (Å²) >= 11 is 0. The molecule has 0 fully saturated rings. The van der Waals surface area contributed by atoms with Crippen molar-refractivity contribution in [3.63, 3.8) is 0 Å². The maximum absolute atomic E-state index is 13.2. The molecule has 1 aliphatic heterocycles. The van der Waals surface area contributed by atoms with E-state index in [0.717, 1.165) is 12.1 Å². The molecule has 3 rings (SSSR count). The van der Waals surface area contributed by atoms with Crippen molar-refractivity contribution in [1.29, 1.82) is 0 Å². The van der Waals surface area contributed by atoms with E-state index in [9.17, 15) is 13.6 Å². The zero-order valence-corrected chi connectivity index (χ0v) is 14.6. The van der Waals surface area contributed by atoms with E-state index < -0.39 is 17.6 Å². The number of hydrogen-bond acceptors (Lipinski definition) is 2. The number of benzene rings is 1. The molecule has 1 aliphatic rings. The fourth-order valence-electron chi connectivity index (χ4n) is 1.72. The van der Waals surface area contributed by atoms with E-state index in [4.69, 9.17) is 5.11 Å². The zero-order chi connectivity index (χ0) is 16.7. The van der Waals surface area contributed by atoms with Gasteiger partial charge in [0.1, 0.15) is 5.69 Å². The van der Waals surface area contributed by atoms with Crippen LogP contribution in [0.25, 0.3) is 11.0 Å². The van der Waals surface area contributed by atoms with E-state index in [2.05, 4.69) is 16.4 Å². The predicted molar refractivity (Wildman–Crippen MR) is 81.7 cm³/mol. The van der Waals surface area contributed by atoms with Gasteiger partial charge in [-0.3, -0.25) is 8.78 Å². The first-order valence-corrected chi connectivity index (χ1v) is 6.63. The van der Waals surface area contributed by atoms with Crippen LogP contribution in [0, 0.1) is 17.7 Å². The monoisotopic (exact) mass is 507 g/mol. The fourth-order valence-corrected chi connectivity index (χ4v) is 1.72. The largest absolute Gasteiger partial charge is 0.725 e. The van der Waals surface area contributed by atoms with Crippen LogP contribution in [0.4, 0.5) is 8.78 Å². The van der Waals surface area contributed by atoms with E-state index >= 15 is 0 Å². The van der Waals surface area contributed by atoms with Crippen LogP contribution in [0.2, 0.25) is 0 Å². The molecule has 0 unspecified atom stereocenters. The van der Waals surface area contributed by atoms with Crippen LogP contribution >= 0.6 is 0 Å². The molecule has 1 radical (unpaired) electrons. The van der Waals surface area contributed by atoms with Gasteiger partial charge in [0.25, 0.3) is 0 Å². The van der Waals surface area contributed by atoms with Crippen LogP contribution in [0.15, 0.2) is 54.8 Å². The van der Waals surface area contributed by atoms with Gasteiger partial charge in [0.05, 0.1) is 0 Å². The number of aromatic carboxylic acids is 1. The summed E-state index contributed by atoms with van der Waals surface area (Å²) in [5, 5.41) is 12.4. The van der Waals surface area contributed by atoms with Gasteiger partial charge in [-0.05, 0) is 12.1 Å². The molecule has 1 aromatic carbocycles. The van der Waals surface area contributed by atoms with Crippen molar-refractivity contribution >= 4 is 11.7 Å². The van der Waals surface area contributed by atoms with Crippen molar-refractivity contribution in [2.24, 2.45) is 0 Å². The Morgan fingerprint density at radius 3 is 2.62 bits per heavy atom. The molecule has 7 heteroatoms. The number of carboxylic acids is 1. The molecule has 127 valence electrons. The fraction of sp³-hybridized carbons (Fsp3) is 0.0588. The molecule has 2 aromatic rings. The Morgan fingerprint density at radius 1 is 1.33 bits per heavy atom. The topological polar surface area (TPSA) is 64.3 Å². The normalized spacial score (nSPS) is 12.0. The number of carbonyl (C=O) groups is 1. The van der Waals surface area contributed by atoms with Crippen LogP contribution in [-0.2, 0) is 20.1 Å². The number of allylic oxidation sites excluding steroid dienone is 2. The van der Waals surface area contributed by atoms with Crippen molar-refractivity contribution in [3.8, 4) is 0 Å². The molecule has 4 nitrogen and oxygen atoms in total. The maximum atomic E-state index is 13.2. The minimum absolute atomic E-state index is 0. The van der Waals surface area contributed by atoms with E-state index in [1.807, 2.05) is 6.08 Å². The number of aromatic nitrogens is 1. The van der Waals surface area contributed by atoms with Crippen molar-refractivity contribution in [2.45, 2.75) is 0 Å². The molecule has 0 atom stereocenters. The Kier molecular flexibility index (Phi) is 7.95. The van der Waals surface area contributed by atoms with Gasteiger partial charge in [0.2, 0.25) is 0 Å². The van der Waals surface area contributed by atoms with Crippen LogP contribution in [0.1, 0.15) is 16.1 Å². The SMILES string of the molecule is Fc1c[c-]c(C2=CC=CC[N-]2)c(F)c1.O=C(O)c1ccccn1.[Ir]. The number of pyridine rings is 1. The summed E-state index contributed by atoms with van der Waals surface area (Å²) < 4.78 is 25.8. The van der Waals surface area contributed by atoms with Crippen LogP contribution < -0.4 is 0 Å². The second-order valence-electron chi connectivity index (χ2n) is 4.38. The molecule has 0 aliphatic carbocycles. The molecule has 0 bridgehead atoms. The summed E-state index contributed by atoms with van der Waals surface area (Å²) in [6, 6.07) is 9.22. The van der Waals surface area contributed by atoms with Gasteiger partial charge >= 0.3 is 5.97 Å². The number of hydrogen-bond donors (Lipinski definition) is 1. The third-order valence-corrected chi connectivity index (χ3v) is 2.76. The number of carboxylic acid groups (broad SMARTS) is 1. The Morgan fingerprint density at radius 2 is 2.12 bits per heavy atom. The van der Waals surface area contributed by atoms with E-state index in [1.54, 1.807) is 24.3 Å². The summed E-state index contributed by atoms with van der Waals surface area (Å²) in [5.74, 6) is -2.25. The molecule has 0 spiro atoms. The summed E-state index contributed by atoms with van der Waals surface area (Å²) in [6.07, 6.45) is 6.77. The van der Waals surface area contributed by atoms with Crippen LogP contribution in [-0.4, -0.2) is 22.6 Å². The molecule has 1 aromatic heterocycles. The molecule has 1 N–H and O–H groups in total. The average molecular weight is 507 g/mol. The number of nitrogens with zero attached hydrogens (tertiary/aromatic N) is 2. The van der Waals surface area contributed by atoms with Gasteiger partial charge in [0.15, 0.2) is 0 Å². The van der Waals surface area contributed by atoms with Crippen molar-refractivity contribution < 1.29 is 38.8 Å². The Bertz CT molecular complexity index is 750. The molecular weight excluding hydrogens is 494 g/mol. The Labute approximate surface area is 151 Å². The van der Waals surface area contributed by atoms with Gasteiger partial charge < -0.3 is 10.4 Å². The van der Waals surface area contributed by atoms with E-state index in [0.29, 0.717) is 12.2 Å². The van der Waals surface area contributed by atoms with Crippen molar-refractivity contribution in [2.75, 3.05) is 6.54 Å². The molecular formula is C17H12F2IrN2O2-2. The first-order chi connectivity index (χ1) is 11.1. The summed E-state index contributed by atoms with van der Waals surface area (Å²) in [5.41, 5.74) is 0.804. The predicted octanol–water partition coefficient (Wildman–Crippen LogP) is 3.83. The third kappa shape index (κ3) is 5.68. The Balaban J connectivity index is 0.000000252. The third-order valence-electron chi connectivity index (χ3n) is 2.76. The molecule has 0 amide bonds. The molecule has 0 saturated carbocycles. The van der Waals surface area contributed by atoms with E-state index in [1.165, 1.54) is 12.3 Å². The van der Waals surface area contributed by atoms with Gasteiger partial charge in [-0.1, -0.05) is 18.2 Å². The summed E-state index contributed by atoms with van der Waals surface area (Å²) in [4.78, 5) is 13.7. The second-order valence-corrected chi connectivity index (χ2v) is 4.38. The minimum Gasteiger partial charge on any atom is -0.725 e. The van der Waals surface area contributed by atoms with Gasteiger partial charge in [0, 0.05) is 37.9 Å². The minimum atomic E-state index is -0.990. The zero-order valence-electron chi connectivity index (χ0n) is 12.2. The summed E-state index contributed by atoms with van der Waals surface area (Å²) in [6.45, 7) is 0.524. The van der Waals surface area contributed by atoms with Crippen molar-refractivity contribution in [1.82, 2.24) is 4.98 Å². The molecule has 2 heterocycles. The number of halogens is 2. The maximum Gasteiger partial charge on any atom is 0.354 e. The number of rotatable bonds is 2. The molecule has 24 heavy (non-hydrogen) atoms. The first-order valence-electron chi connectivity index (χ1n) is 6.63. The molecule has 0 saturated heterocycles. The standard InChI is InChI=1S/C11H7F2N.C6H5NO2.Ir/c12-8-4-5-9(10(13)7-8)11-3-1-2-6-14-11;8-6(9)5-3-1-2-4-7-5;/h1-4,7H,6H2;1-4H,(H,8,9);/q-2;;. The summed E-state index contributed by atoms with van der Waals surface area (Å²) in [7, 11) is 0. The van der Waals surface area contributed by atoms with E-state index in [-0.39, 0.29) is 31.4 Å². The van der Waals surface area contributed by atoms with Crippen molar-refractivity contribution in [3.05, 3.63) is 89.0 Å².